The van der Waals surface area contributed by atoms with Crippen molar-refractivity contribution in [3.63, 3.8) is 0 Å². The summed E-state index contributed by atoms with van der Waals surface area (Å²) < 4.78 is 7.08. The smallest absolute Gasteiger partial charge is 0.138 e. The molecular formula is C9H16N4O. The van der Waals surface area contributed by atoms with Crippen molar-refractivity contribution < 1.29 is 4.74 Å². The Bertz CT molecular complexity index is 293. The third-order valence-corrected chi connectivity index (χ3v) is 2.79. The molecule has 0 amide bonds. The van der Waals surface area contributed by atoms with E-state index in [1.165, 1.54) is 0 Å². The molecule has 2 N–H and O–H groups in total. The van der Waals surface area contributed by atoms with Crippen LogP contribution in [0.4, 0.5) is 0 Å². The molecule has 1 aliphatic heterocycles. The lowest BCUT2D eigenvalue weighted by Gasteiger charge is -2.16. The van der Waals surface area contributed by atoms with Crippen LogP contribution in [0.25, 0.3) is 0 Å². The Morgan fingerprint density at radius 3 is 3.21 bits per heavy atom. The van der Waals surface area contributed by atoms with Crippen molar-refractivity contribution in [2.45, 2.75) is 18.9 Å². The maximum absolute atomic E-state index is 6.08. The molecule has 0 aliphatic carbocycles. The normalized spacial score (nSPS) is 24.0. The van der Waals surface area contributed by atoms with Gasteiger partial charge in [-0.25, -0.2) is 4.98 Å². The summed E-state index contributed by atoms with van der Waals surface area (Å²) in [7, 11) is 1.89. The highest BCUT2D eigenvalue weighted by atomic mass is 16.5. The highest BCUT2D eigenvalue weighted by Crippen LogP contribution is 2.17. The van der Waals surface area contributed by atoms with Gasteiger partial charge in [0.05, 0.1) is 6.61 Å². The van der Waals surface area contributed by atoms with Crippen LogP contribution in [0.5, 0.6) is 0 Å². The standard InChI is InChI=1S/C9H16N4O/c1-13-9(11-6-12-13)4-8(10)7-2-3-14-5-7/h6-8H,2-5,10H2,1H3. The van der Waals surface area contributed by atoms with Gasteiger partial charge >= 0.3 is 0 Å². The van der Waals surface area contributed by atoms with Crippen molar-refractivity contribution >= 4 is 0 Å². The van der Waals surface area contributed by atoms with Gasteiger partial charge < -0.3 is 10.5 Å². The summed E-state index contributed by atoms with van der Waals surface area (Å²) in [6.45, 7) is 1.64. The largest absolute Gasteiger partial charge is 0.381 e. The number of nitrogens with zero attached hydrogens (tertiary/aromatic N) is 3. The summed E-state index contributed by atoms with van der Waals surface area (Å²) in [6, 6.07) is 0.139. The summed E-state index contributed by atoms with van der Waals surface area (Å²) in [6.07, 6.45) is 3.41. The molecule has 5 heteroatoms. The van der Waals surface area contributed by atoms with Crippen LogP contribution < -0.4 is 5.73 Å². The van der Waals surface area contributed by atoms with Gasteiger partial charge in [-0.2, -0.15) is 5.10 Å². The summed E-state index contributed by atoms with van der Waals surface area (Å²) >= 11 is 0. The maximum Gasteiger partial charge on any atom is 0.138 e. The Morgan fingerprint density at radius 2 is 2.64 bits per heavy atom. The average Bonchev–Trinajstić information content (AvgIpc) is 2.77. The molecule has 1 fully saturated rings. The molecule has 0 saturated carbocycles. The van der Waals surface area contributed by atoms with Crippen LogP contribution in [0.3, 0.4) is 0 Å². The SMILES string of the molecule is Cn1ncnc1CC(N)C1CCOC1. The Morgan fingerprint density at radius 1 is 1.79 bits per heavy atom. The lowest BCUT2D eigenvalue weighted by Crippen LogP contribution is -2.33. The second kappa shape index (κ2) is 4.06. The van der Waals surface area contributed by atoms with E-state index >= 15 is 0 Å². The van der Waals surface area contributed by atoms with Gasteiger partial charge in [0.15, 0.2) is 0 Å². The predicted molar refractivity (Wildman–Crippen MR) is 51.6 cm³/mol. The van der Waals surface area contributed by atoms with Crippen molar-refractivity contribution in [2.24, 2.45) is 18.7 Å². The molecule has 1 aromatic rings. The van der Waals surface area contributed by atoms with Crippen LogP contribution in [-0.2, 0) is 18.2 Å². The molecule has 0 radical (unpaired) electrons. The molecule has 2 atom stereocenters. The fraction of sp³-hybridized carbons (Fsp3) is 0.778. The molecule has 2 rings (SSSR count). The fourth-order valence-electron chi connectivity index (χ4n) is 1.77. The summed E-state index contributed by atoms with van der Waals surface area (Å²) in [4.78, 5) is 4.16. The zero-order valence-electron chi connectivity index (χ0n) is 8.39. The zero-order chi connectivity index (χ0) is 9.97. The molecule has 0 aromatic carbocycles. The molecule has 78 valence electrons. The van der Waals surface area contributed by atoms with E-state index in [0.717, 1.165) is 31.9 Å². The van der Waals surface area contributed by atoms with Crippen molar-refractivity contribution in [2.75, 3.05) is 13.2 Å². The van der Waals surface area contributed by atoms with Gasteiger partial charge in [-0.1, -0.05) is 0 Å². The summed E-state index contributed by atoms with van der Waals surface area (Å²) in [5.41, 5.74) is 6.08. The number of nitrogens with two attached hydrogens (primary N) is 1. The van der Waals surface area contributed by atoms with Gasteiger partial charge in [0.25, 0.3) is 0 Å². The molecule has 1 aromatic heterocycles. The summed E-state index contributed by atoms with van der Waals surface area (Å²) in [5.74, 6) is 1.43. The first kappa shape index (κ1) is 9.61. The third kappa shape index (κ3) is 1.93. The molecule has 2 heterocycles. The minimum absolute atomic E-state index is 0.139. The highest BCUT2D eigenvalue weighted by Gasteiger charge is 2.23. The topological polar surface area (TPSA) is 66.0 Å². The summed E-state index contributed by atoms with van der Waals surface area (Å²) in [5, 5.41) is 4.02. The Hall–Kier alpha value is -0.940. The molecule has 0 spiro atoms. The van der Waals surface area contributed by atoms with Gasteiger partial charge in [0.1, 0.15) is 12.2 Å². The lowest BCUT2D eigenvalue weighted by molar-refractivity contribution is 0.180. The van der Waals surface area contributed by atoms with Crippen LogP contribution >= 0.6 is 0 Å². The molecule has 5 nitrogen and oxygen atoms in total. The molecular weight excluding hydrogens is 180 g/mol. The van der Waals surface area contributed by atoms with E-state index in [9.17, 15) is 0 Å². The second-order valence-corrected chi connectivity index (χ2v) is 3.79. The molecule has 0 bridgehead atoms. The number of rotatable bonds is 3. The number of aromatic nitrogens is 3. The molecule has 1 saturated heterocycles. The maximum atomic E-state index is 6.08. The molecule has 14 heavy (non-hydrogen) atoms. The minimum Gasteiger partial charge on any atom is -0.381 e. The number of hydrogen-bond acceptors (Lipinski definition) is 4. The van der Waals surface area contributed by atoms with Crippen LogP contribution in [0.15, 0.2) is 6.33 Å². The van der Waals surface area contributed by atoms with Crippen molar-refractivity contribution in [1.82, 2.24) is 14.8 Å². The van der Waals surface area contributed by atoms with Crippen molar-refractivity contribution in [1.29, 1.82) is 0 Å². The Kier molecular flexibility index (Phi) is 2.79. The number of hydrogen-bond donors (Lipinski definition) is 1. The molecule has 1 aliphatic rings. The second-order valence-electron chi connectivity index (χ2n) is 3.79. The van der Waals surface area contributed by atoms with E-state index in [1.807, 2.05) is 7.05 Å². The van der Waals surface area contributed by atoms with E-state index in [4.69, 9.17) is 10.5 Å². The van der Waals surface area contributed by atoms with Gasteiger partial charge in [0.2, 0.25) is 0 Å². The fourth-order valence-corrected chi connectivity index (χ4v) is 1.77. The van der Waals surface area contributed by atoms with Gasteiger partial charge in [-0.3, -0.25) is 4.68 Å². The highest BCUT2D eigenvalue weighted by molar-refractivity contribution is 4.91. The van der Waals surface area contributed by atoms with Gasteiger partial charge in [-0.15, -0.1) is 0 Å². The third-order valence-electron chi connectivity index (χ3n) is 2.79. The Balaban J connectivity index is 1.93. The van der Waals surface area contributed by atoms with E-state index in [2.05, 4.69) is 10.1 Å². The monoisotopic (exact) mass is 196 g/mol. The zero-order valence-corrected chi connectivity index (χ0v) is 8.39. The predicted octanol–water partition coefficient (Wildman–Crippen LogP) is -0.279. The first-order valence-corrected chi connectivity index (χ1v) is 4.93. The first-order chi connectivity index (χ1) is 6.77. The quantitative estimate of drug-likeness (QED) is 0.722. The van der Waals surface area contributed by atoms with Crippen LogP contribution in [0.1, 0.15) is 12.2 Å². The first-order valence-electron chi connectivity index (χ1n) is 4.93. The molecule has 2 unspecified atom stereocenters. The minimum atomic E-state index is 0.139. The van der Waals surface area contributed by atoms with E-state index in [0.29, 0.717) is 5.92 Å². The van der Waals surface area contributed by atoms with E-state index < -0.39 is 0 Å². The van der Waals surface area contributed by atoms with Crippen molar-refractivity contribution in [3.8, 4) is 0 Å². The van der Waals surface area contributed by atoms with Crippen LogP contribution in [0.2, 0.25) is 0 Å². The Labute approximate surface area is 83.3 Å². The average molecular weight is 196 g/mol. The van der Waals surface area contributed by atoms with Crippen LogP contribution in [0, 0.1) is 5.92 Å². The lowest BCUT2D eigenvalue weighted by atomic mass is 9.97. The van der Waals surface area contributed by atoms with Crippen molar-refractivity contribution in [3.05, 3.63) is 12.2 Å². The number of ether oxygens (including phenoxy) is 1. The van der Waals surface area contributed by atoms with Gasteiger partial charge in [0, 0.05) is 26.1 Å². The van der Waals surface area contributed by atoms with Crippen LogP contribution in [-0.4, -0.2) is 34.0 Å². The van der Waals surface area contributed by atoms with E-state index in [1.54, 1.807) is 11.0 Å². The van der Waals surface area contributed by atoms with E-state index in [-0.39, 0.29) is 6.04 Å². The van der Waals surface area contributed by atoms with Gasteiger partial charge in [-0.05, 0) is 12.3 Å². The number of aryl methyl sites for hydroxylation is 1.